The molecule has 0 aliphatic carbocycles. The summed E-state index contributed by atoms with van der Waals surface area (Å²) in [5.41, 5.74) is 3.86. The van der Waals surface area contributed by atoms with Crippen LogP contribution in [0.3, 0.4) is 0 Å². The molecule has 8 heteroatoms. The molecule has 2 aromatic carbocycles. The smallest absolute Gasteiger partial charge is 0.240 e. The Balaban J connectivity index is 1.59. The van der Waals surface area contributed by atoms with Crippen LogP contribution in [0.2, 0.25) is 0 Å². The van der Waals surface area contributed by atoms with Crippen molar-refractivity contribution in [1.82, 2.24) is 24.6 Å². The van der Waals surface area contributed by atoms with Crippen molar-refractivity contribution in [2.45, 2.75) is 17.3 Å². The number of thioether (sulfide) groups is 1. The van der Waals surface area contributed by atoms with Crippen LogP contribution in [0.5, 0.6) is 0 Å². The fourth-order valence-electron chi connectivity index (χ4n) is 4.00. The van der Waals surface area contributed by atoms with E-state index in [-0.39, 0.29) is 5.91 Å². The summed E-state index contributed by atoms with van der Waals surface area (Å²) in [6.07, 6.45) is 3.51. The average Bonchev–Trinajstić information content (AvgIpc) is 3.32. The third-order valence-electron chi connectivity index (χ3n) is 5.78. The van der Waals surface area contributed by atoms with E-state index < -0.39 is 5.25 Å². The largest absolute Gasteiger partial charge is 0.378 e. The third-order valence-corrected chi connectivity index (χ3v) is 6.97. The second kappa shape index (κ2) is 10.2. The molecule has 5 rings (SSSR count). The number of pyridine rings is 1. The summed E-state index contributed by atoms with van der Waals surface area (Å²) in [7, 11) is 0. The third kappa shape index (κ3) is 4.60. The highest BCUT2D eigenvalue weighted by Gasteiger charge is 2.31. The number of aromatic nitrogens is 4. The quantitative estimate of drug-likeness (QED) is 0.390. The van der Waals surface area contributed by atoms with E-state index in [2.05, 4.69) is 28.2 Å². The van der Waals surface area contributed by atoms with Gasteiger partial charge in [-0.1, -0.05) is 60.3 Å². The lowest BCUT2D eigenvalue weighted by atomic mass is 10.1. The Hall–Kier alpha value is -3.49. The van der Waals surface area contributed by atoms with Crippen LogP contribution in [0.25, 0.3) is 17.1 Å². The second-order valence-corrected chi connectivity index (χ2v) is 9.09. The Labute approximate surface area is 202 Å². The number of morpholine rings is 1. The SMILES string of the molecule is Cc1ccccc1-n1c(S[C@@H](C(=O)N2CCOCC2)c2ccccc2)nnc1-c1cccnc1. The van der Waals surface area contributed by atoms with Gasteiger partial charge in [0.25, 0.3) is 0 Å². The van der Waals surface area contributed by atoms with Crippen LogP contribution in [-0.4, -0.2) is 56.9 Å². The fraction of sp³-hybridized carbons (Fsp3) is 0.231. The van der Waals surface area contributed by atoms with E-state index in [4.69, 9.17) is 4.74 Å². The molecule has 172 valence electrons. The summed E-state index contributed by atoms with van der Waals surface area (Å²) >= 11 is 1.43. The number of amides is 1. The summed E-state index contributed by atoms with van der Waals surface area (Å²) in [4.78, 5) is 19.8. The van der Waals surface area contributed by atoms with Crippen LogP contribution in [0.15, 0.2) is 84.3 Å². The summed E-state index contributed by atoms with van der Waals surface area (Å²) in [5.74, 6) is 0.747. The van der Waals surface area contributed by atoms with Gasteiger partial charge >= 0.3 is 0 Å². The number of carbonyl (C=O) groups is 1. The normalized spacial score (nSPS) is 14.7. The van der Waals surface area contributed by atoms with Crippen molar-refractivity contribution in [1.29, 1.82) is 0 Å². The Kier molecular flexibility index (Phi) is 6.69. The lowest BCUT2D eigenvalue weighted by Crippen LogP contribution is -2.42. The molecular weight excluding hydrogens is 446 g/mol. The van der Waals surface area contributed by atoms with Gasteiger partial charge in [-0.3, -0.25) is 14.3 Å². The lowest BCUT2D eigenvalue weighted by Gasteiger charge is -2.30. The predicted molar refractivity (Wildman–Crippen MR) is 132 cm³/mol. The minimum absolute atomic E-state index is 0.0572. The van der Waals surface area contributed by atoms with Gasteiger partial charge in [-0.15, -0.1) is 10.2 Å². The van der Waals surface area contributed by atoms with Gasteiger partial charge in [0.15, 0.2) is 11.0 Å². The molecule has 7 nitrogen and oxygen atoms in total. The molecule has 0 N–H and O–H groups in total. The maximum atomic E-state index is 13.7. The van der Waals surface area contributed by atoms with Crippen molar-refractivity contribution in [3.8, 4) is 17.1 Å². The zero-order valence-corrected chi connectivity index (χ0v) is 19.7. The number of ether oxygens (including phenoxy) is 1. The predicted octanol–water partition coefficient (Wildman–Crippen LogP) is 4.33. The van der Waals surface area contributed by atoms with E-state index in [1.165, 1.54) is 11.8 Å². The van der Waals surface area contributed by atoms with Gasteiger partial charge in [-0.2, -0.15) is 0 Å². The molecule has 0 bridgehead atoms. The van der Waals surface area contributed by atoms with Crippen LogP contribution in [0.4, 0.5) is 0 Å². The first-order chi connectivity index (χ1) is 16.7. The van der Waals surface area contributed by atoms with Gasteiger partial charge in [-0.25, -0.2) is 0 Å². The number of aryl methyl sites for hydroxylation is 1. The van der Waals surface area contributed by atoms with Crippen LogP contribution >= 0.6 is 11.8 Å². The van der Waals surface area contributed by atoms with E-state index in [0.29, 0.717) is 37.3 Å². The highest BCUT2D eigenvalue weighted by molar-refractivity contribution is 8.00. The van der Waals surface area contributed by atoms with Crippen molar-refractivity contribution in [3.05, 3.63) is 90.3 Å². The van der Waals surface area contributed by atoms with Crippen molar-refractivity contribution in [2.24, 2.45) is 0 Å². The maximum absolute atomic E-state index is 13.7. The maximum Gasteiger partial charge on any atom is 0.240 e. The van der Waals surface area contributed by atoms with Crippen molar-refractivity contribution < 1.29 is 9.53 Å². The molecule has 1 amide bonds. The van der Waals surface area contributed by atoms with E-state index in [1.807, 2.05) is 70.1 Å². The van der Waals surface area contributed by atoms with E-state index in [0.717, 1.165) is 22.4 Å². The molecule has 1 aliphatic rings. The number of para-hydroxylation sites is 1. The Morgan fingerprint density at radius 3 is 2.47 bits per heavy atom. The second-order valence-electron chi connectivity index (χ2n) is 8.02. The molecule has 34 heavy (non-hydrogen) atoms. The minimum atomic E-state index is -0.451. The molecule has 0 spiro atoms. The summed E-state index contributed by atoms with van der Waals surface area (Å²) in [5, 5.41) is 9.29. The van der Waals surface area contributed by atoms with Crippen LogP contribution < -0.4 is 0 Å². The monoisotopic (exact) mass is 471 g/mol. The minimum Gasteiger partial charge on any atom is -0.378 e. The van der Waals surface area contributed by atoms with Gasteiger partial charge < -0.3 is 9.64 Å². The van der Waals surface area contributed by atoms with Crippen LogP contribution in [0.1, 0.15) is 16.4 Å². The summed E-state index contributed by atoms with van der Waals surface area (Å²) in [6, 6.07) is 21.8. The molecule has 0 radical (unpaired) electrons. The standard InChI is InChI=1S/C26H25N5O2S/c1-19-8-5-6-12-22(19)31-24(21-11-7-13-27-18-21)28-29-26(31)34-23(20-9-3-2-4-10-20)25(32)30-14-16-33-17-15-30/h2-13,18,23H,14-17H2,1H3/t23-/m1/s1. The zero-order valence-electron chi connectivity index (χ0n) is 18.9. The number of carbonyl (C=O) groups excluding carboxylic acids is 1. The van der Waals surface area contributed by atoms with Gasteiger partial charge in [0.05, 0.1) is 18.9 Å². The zero-order chi connectivity index (χ0) is 23.3. The average molecular weight is 472 g/mol. The topological polar surface area (TPSA) is 73.1 Å². The van der Waals surface area contributed by atoms with Gasteiger partial charge in [0, 0.05) is 31.0 Å². The van der Waals surface area contributed by atoms with E-state index in [1.54, 1.807) is 12.4 Å². The fourth-order valence-corrected chi connectivity index (χ4v) is 5.14. The van der Waals surface area contributed by atoms with Gasteiger partial charge in [0.2, 0.25) is 5.91 Å². The molecule has 1 atom stereocenters. The van der Waals surface area contributed by atoms with Gasteiger partial charge in [-0.05, 0) is 36.2 Å². The Morgan fingerprint density at radius 2 is 1.74 bits per heavy atom. The highest BCUT2D eigenvalue weighted by atomic mass is 32.2. The van der Waals surface area contributed by atoms with E-state index >= 15 is 0 Å². The molecule has 1 fully saturated rings. The summed E-state index contributed by atoms with van der Waals surface area (Å²) < 4.78 is 7.49. The first-order valence-electron chi connectivity index (χ1n) is 11.2. The molecule has 1 saturated heterocycles. The molecule has 1 aliphatic heterocycles. The molecule has 2 aromatic heterocycles. The molecule has 3 heterocycles. The molecular formula is C26H25N5O2S. The molecule has 0 saturated carbocycles. The van der Waals surface area contributed by atoms with Crippen LogP contribution in [-0.2, 0) is 9.53 Å². The van der Waals surface area contributed by atoms with Gasteiger partial charge in [0.1, 0.15) is 5.25 Å². The Bertz CT molecular complexity index is 1260. The first-order valence-corrected chi connectivity index (χ1v) is 12.1. The number of benzene rings is 2. The van der Waals surface area contributed by atoms with Crippen molar-refractivity contribution in [3.63, 3.8) is 0 Å². The highest BCUT2D eigenvalue weighted by Crippen LogP contribution is 2.39. The van der Waals surface area contributed by atoms with Crippen molar-refractivity contribution in [2.75, 3.05) is 26.3 Å². The first kappa shape index (κ1) is 22.3. The number of nitrogens with zero attached hydrogens (tertiary/aromatic N) is 5. The number of rotatable bonds is 6. The van der Waals surface area contributed by atoms with Crippen molar-refractivity contribution >= 4 is 17.7 Å². The molecule has 4 aromatic rings. The number of hydrogen-bond acceptors (Lipinski definition) is 6. The lowest BCUT2D eigenvalue weighted by molar-refractivity contribution is -0.134. The Morgan fingerprint density at radius 1 is 0.971 bits per heavy atom. The van der Waals surface area contributed by atoms with Crippen LogP contribution in [0, 0.1) is 6.92 Å². The molecule has 0 unspecified atom stereocenters. The number of hydrogen-bond donors (Lipinski definition) is 0. The summed E-state index contributed by atoms with van der Waals surface area (Å²) in [6.45, 7) is 4.36. The van der Waals surface area contributed by atoms with E-state index in [9.17, 15) is 4.79 Å².